The molecule has 0 saturated heterocycles. The van der Waals surface area contributed by atoms with Crippen LogP contribution in [0.25, 0.3) is 11.5 Å². The largest absolute Gasteiger partial charge is 0.313 e. The quantitative estimate of drug-likeness (QED) is 0.868. The Morgan fingerprint density at radius 3 is 3.06 bits per heavy atom. The lowest BCUT2D eigenvalue weighted by Gasteiger charge is -2.24. The summed E-state index contributed by atoms with van der Waals surface area (Å²) in [5, 5.41) is 7.49. The Kier molecular flexibility index (Phi) is 2.83. The molecule has 1 aliphatic rings. The molecular formula is C13H17N5. The number of nitrogens with zero attached hydrogens (tertiary/aromatic N) is 4. The van der Waals surface area contributed by atoms with Crippen molar-refractivity contribution in [3.63, 3.8) is 0 Å². The van der Waals surface area contributed by atoms with Crippen LogP contribution in [-0.2, 0) is 13.5 Å². The molecule has 0 amide bonds. The first-order valence-electron chi connectivity index (χ1n) is 6.31. The molecule has 0 bridgehead atoms. The first kappa shape index (κ1) is 11.3. The van der Waals surface area contributed by atoms with Crippen LogP contribution < -0.4 is 5.32 Å². The van der Waals surface area contributed by atoms with E-state index in [2.05, 4.69) is 15.4 Å². The molecule has 3 rings (SSSR count). The predicted molar refractivity (Wildman–Crippen MR) is 69.0 cm³/mol. The molecule has 94 valence electrons. The highest BCUT2D eigenvalue weighted by atomic mass is 15.3. The maximum absolute atomic E-state index is 4.70. The third-order valence-corrected chi connectivity index (χ3v) is 3.58. The third-order valence-electron chi connectivity index (χ3n) is 3.58. The molecule has 0 saturated carbocycles. The van der Waals surface area contributed by atoms with E-state index >= 15 is 0 Å². The molecule has 2 aromatic heterocycles. The lowest BCUT2D eigenvalue weighted by molar-refractivity contribution is 0.487. The molecule has 0 aromatic carbocycles. The molecule has 2 heterocycles. The number of rotatable bonds is 2. The number of aromatic nitrogens is 4. The van der Waals surface area contributed by atoms with Crippen molar-refractivity contribution in [2.75, 3.05) is 7.05 Å². The second-order valence-electron chi connectivity index (χ2n) is 4.67. The average molecular weight is 243 g/mol. The fourth-order valence-corrected chi connectivity index (χ4v) is 2.56. The average Bonchev–Trinajstić information content (AvgIpc) is 2.83. The van der Waals surface area contributed by atoms with Crippen LogP contribution in [0.3, 0.4) is 0 Å². The first-order chi connectivity index (χ1) is 8.79. The molecule has 1 aliphatic carbocycles. The second kappa shape index (κ2) is 4.49. The molecule has 2 aromatic rings. The lowest BCUT2D eigenvalue weighted by atomic mass is 9.92. The maximum atomic E-state index is 4.70. The Labute approximate surface area is 106 Å². The number of hydrogen-bond acceptors (Lipinski definition) is 4. The molecule has 18 heavy (non-hydrogen) atoms. The summed E-state index contributed by atoms with van der Waals surface area (Å²) < 4.78 is 1.81. The van der Waals surface area contributed by atoms with Gasteiger partial charge in [-0.2, -0.15) is 5.10 Å². The fourth-order valence-electron chi connectivity index (χ4n) is 2.56. The molecule has 1 N–H and O–H groups in total. The normalized spacial score (nSPS) is 18.7. The molecule has 0 aliphatic heterocycles. The monoisotopic (exact) mass is 243 g/mol. The van der Waals surface area contributed by atoms with E-state index in [4.69, 9.17) is 4.98 Å². The van der Waals surface area contributed by atoms with Crippen LogP contribution in [0.5, 0.6) is 0 Å². The summed E-state index contributed by atoms with van der Waals surface area (Å²) >= 11 is 0. The number of hydrogen-bond donors (Lipinski definition) is 1. The van der Waals surface area contributed by atoms with Crippen molar-refractivity contribution in [2.24, 2.45) is 7.05 Å². The summed E-state index contributed by atoms with van der Waals surface area (Å²) in [6.45, 7) is 0. The van der Waals surface area contributed by atoms with Gasteiger partial charge in [0.2, 0.25) is 0 Å². The second-order valence-corrected chi connectivity index (χ2v) is 4.67. The van der Waals surface area contributed by atoms with Crippen LogP contribution in [0.4, 0.5) is 0 Å². The zero-order chi connectivity index (χ0) is 12.5. The zero-order valence-corrected chi connectivity index (χ0v) is 10.7. The van der Waals surface area contributed by atoms with Gasteiger partial charge < -0.3 is 5.32 Å². The summed E-state index contributed by atoms with van der Waals surface area (Å²) in [4.78, 5) is 9.18. The number of aryl methyl sites for hydroxylation is 2. The van der Waals surface area contributed by atoms with E-state index in [1.165, 1.54) is 17.7 Å². The van der Waals surface area contributed by atoms with Crippen molar-refractivity contribution < 1.29 is 0 Å². The Morgan fingerprint density at radius 2 is 2.33 bits per heavy atom. The van der Waals surface area contributed by atoms with Crippen LogP contribution in [0.1, 0.15) is 30.1 Å². The minimum Gasteiger partial charge on any atom is -0.313 e. The standard InChI is InChI=1S/C13H17N5/c1-14-10-4-3-5-11-9(10)8-15-13(17-11)12-6-7-16-18(12)2/h6-8,10,14H,3-5H2,1-2H3. The van der Waals surface area contributed by atoms with E-state index in [-0.39, 0.29) is 0 Å². The van der Waals surface area contributed by atoms with Gasteiger partial charge in [-0.1, -0.05) is 0 Å². The van der Waals surface area contributed by atoms with E-state index < -0.39 is 0 Å². The van der Waals surface area contributed by atoms with E-state index in [1.54, 1.807) is 10.9 Å². The SMILES string of the molecule is CNC1CCCc2nc(-c3ccnn3C)ncc21. The summed E-state index contributed by atoms with van der Waals surface area (Å²) in [5.74, 6) is 0.769. The van der Waals surface area contributed by atoms with Gasteiger partial charge in [-0.05, 0) is 32.4 Å². The van der Waals surface area contributed by atoms with Crippen LogP contribution in [0.15, 0.2) is 18.5 Å². The molecule has 5 nitrogen and oxygen atoms in total. The van der Waals surface area contributed by atoms with Gasteiger partial charge in [-0.25, -0.2) is 9.97 Å². The lowest BCUT2D eigenvalue weighted by Crippen LogP contribution is -2.23. The summed E-state index contributed by atoms with van der Waals surface area (Å²) in [7, 11) is 3.91. The summed E-state index contributed by atoms with van der Waals surface area (Å²) in [5.41, 5.74) is 3.38. The van der Waals surface area contributed by atoms with Gasteiger partial charge in [-0.3, -0.25) is 4.68 Å². The summed E-state index contributed by atoms with van der Waals surface area (Å²) in [6, 6.07) is 2.34. The molecule has 0 spiro atoms. The van der Waals surface area contributed by atoms with Crippen LogP contribution in [0, 0.1) is 0 Å². The smallest absolute Gasteiger partial charge is 0.178 e. The van der Waals surface area contributed by atoms with Crippen molar-refractivity contribution in [1.29, 1.82) is 0 Å². The van der Waals surface area contributed by atoms with Crippen molar-refractivity contribution in [3.8, 4) is 11.5 Å². The number of nitrogens with one attached hydrogen (secondary N) is 1. The van der Waals surface area contributed by atoms with Crippen molar-refractivity contribution in [1.82, 2.24) is 25.1 Å². The van der Waals surface area contributed by atoms with Gasteiger partial charge in [0.05, 0.1) is 0 Å². The van der Waals surface area contributed by atoms with Gasteiger partial charge in [0.25, 0.3) is 0 Å². The van der Waals surface area contributed by atoms with Gasteiger partial charge in [0.15, 0.2) is 5.82 Å². The van der Waals surface area contributed by atoms with Crippen LogP contribution >= 0.6 is 0 Å². The Morgan fingerprint density at radius 1 is 1.44 bits per heavy atom. The molecule has 5 heteroatoms. The Balaban J connectivity index is 2.04. The van der Waals surface area contributed by atoms with Crippen LogP contribution in [-0.4, -0.2) is 26.8 Å². The van der Waals surface area contributed by atoms with E-state index in [0.29, 0.717) is 6.04 Å². The number of fused-ring (bicyclic) bond motifs is 1. The minimum atomic E-state index is 0.398. The van der Waals surface area contributed by atoms with Crippen LogP contribution in [0.2, 0.25) is 0 Å². The molecule has 1 unspecified atom stereocenters. The van der Waals surface area contributed by atoms with Gasteiger partial charge in [0, 0.05) is 36.7 Å². The van der Waals surface area contributed by atoms with E-state index in [0.717, 1.165) is 24.4 Å². The Bertz CT molecular complexity index is 560. The zero-order valence-electron chi connectivity index (χ0n) is 10.7. The van der Waals surface area contributed by atoms with Gasteiger partial charge in [-0.15, -0.1) is 0 Å². The molecular weight excluding hydrogens is 226 g/mol. The molecule has 0 radical (unpaired) electrons. The molecule has 1 atom stereocenters. The highest BCUT2D eigenvalue weighted by molar-refractivity contribution is 5.49. The fraction of sp³-hybridized carbons (Fsp3) is 0.462. The molecule has 0 fully saturated rings. The van der Waals surface area contributed by atoms with Gasteiger partial charge >= 0.3 is 0 Å². The summed E-state index contributed by atoms with van der Waals surface area (Å²) in [6.07, 6.45) is 7.12. The highest BCUT2D eigenvalue weighted by Gasteiger charge is 2.21. The topological polar surface area (TPSA) is 55.6 Å². The van der Waals surface area contributed by atoms with E-state index in [1.807, 2.05) is 26.4 Å². The minimum absolute atomic E-state index is 0.398. The highest BCUT2D eigenvalue weighted by Crippen LogP contribution is 2.28. The van der Waals surface area contributed by atoms with Crippen molar-refractivity contribution in [3.05, 3.63) is 29.7 Å². The maximum Gasteiger partial charge on any atom is 0.178 e. The van der Waals surface area contributed by atoms with Crippen molar-refractivity contribution >= 4 is 0 Å². The van der Waals surface area contributed by atoms with E-state index in [9.17, 15) is 0 Å². The van der Waals surface area contributed by atoms with Gasteiger partial charge in [0.1, 0.15) is 5.69 Å². The van der Waals surface area contributed by atoms with Crippen molar-refractivity contribution in [2.45, 2.75) is 25.3 Å². The first-order valence-corrected chi connectivity index (χ1v) is 6.31. The third kappa shape index (κ3) is 1.80. The Hall–Kier alpha value is -1.75. The predicted octanol–water partition coefficient (Wildman–Crippen LogP) is 1.47.